The van der Waals surface area contributed by atoms with E-state index in [1.165, 1.54) is 37.1 Å². The van der Waals surface area contributed by atoms with Gasteiger partial charge in [0, 0.05) is 17.3 Å². The number of nitrogens with one attached hydrogen (secondary N) is 2. The third-order valence-corrected chi connectivity index (χ3v) is 5.19. The second-order valence-electron chi connectivity index (χ2n) is 5.74. The predicted octanol–water partition coefficient (Wildman–Crippen LogP) is 0.822. The first-order valence-electron chi connectivity index (χ1n) is 8.25. The van der Waals surface area contributed by atoms with Crippen molar-refractivity contribution < 1.29 is 17.9 Å². The van der Waals surface area contributed by atoms with Crippen molar-refractivity contribution in [2.45, 2.75) is 5.16 Å². The van der Waals surface area contributed by atoms with Crippen molar-refractivity contribution >= 4 is 32.7 Å². The van der Waals surface area contributed by atoms with Crippen LogP contribution in [0.5, 0.6) is 5.75 Å². The summed E-state index contributed by atoms with van der Waals surface area (Å²) in [7, 11) is -1.36. The molecule has 0 aliphatic carbocycles. The van der Waals surface area contributed by atoms with Crippen molar-refractivity contribution in [1.82, 2.24) is 19.3 Å². The number of rotatable bonds is 6. The third kappa shape index (κ3) is 3.86. The lowest BCUT2D eigenvalue weighted by atomic mass is 10.2. The average molecular weight is 415 g/mol. The summed E-state index contributed by atoms with van der Waals surface area (Å²) in [5.41, 5.74) is 0.255. The van der Waals surface area contributed by atoms with Crippen LogP contribution in [0.15, 0.2) is 59.1 Å². The van der Waals surface area contributed by atoms with Gasteiger partial charge in [-0.25, -0.2) is 18.1 Å². The van der Waals surface area contributed by atoms with Gasteiger partial charge < -0.3 is 10.1 Å². The second-order valence-corrected chi connectivity index (χ2v) is 7.52. The van der Waals surface area contributed by atoms with Crippen molar-refractivity contribution in [1.29, 1.82) is 0 Å². The van der Waals surface area contributed by atoms with Crippen LogP contribution < -0.4 is 20.3 Å². The molecule has 29 heavy (non-hydrogen) atoms. The molecule has 10 nitrogen and oxygen atoms in total. The number of aromatic nitrogens is 3. The van der Waals surface area contributed by atoms with Crippen LogP contribution in [0.2, 0.25) is 0 Å². The Labute approximate surface area is 165 Å². The van der Waals surface area contributed by atoms with E-state index in [0.717, 1.165) is 6.08 Å². The maximum atomic E-state index is 12.9. The topological polar surface area (TPSA) is 132 Å². The number of pyridine rings is 1. The van der Waals surface area contributed by atoms with Crippen molar-refractivity contribution in [3.8, 4) is 11.4 Å². The minimum atomic E-state index is -3.93. The monoisotopic (exact) mass is 415 g/mol. The summed E-state index contributed by atoms with van der Waals surface area (Å²) in [4.78, 5) is 32.5. The van der Waals surface area contributed by atoms with Gasteiger partial charge in [-0.2, -0.15) is 4.98 Å². The molecule has 2 N–H and O–H groups in total. The van der Waals surface area contributed by atoms with Gasteiger partial charge in [0.25, 0.3) is 20.7 Å². The van der Waals surface area contributed by atoms with Crippen LogP contribution in [0.25, 0.3) is 16.7 Å². The smallest absolute Gasteiger partial charge is 0.299 e. The summed E-state index contributed by atoms with van der Waals surface area (Å²) in [6.45, 7) is 3.39. The Kier molecular flexibility index (Phi) is 5.43. The minimum absolute atomic E-state index is 0.0193. The molecule has 11 heteroatoms. The first-order chi connectivity index (χ1) is 13.8. The van der Waals surface area contributed by atoms with Gasteiger partial charge in [0.15, 0.2) is 11.4 Å². The number of sulfonamides is 1. The zero-order valence-corrected chi connectivity index (χ0v) is 16.4. The number of hydrogen-bond donors (Lipinski definition) is 2. The quantitative estimate of drug-likeness (QED) is 0.450. The third-order valence-electron chi connectivity index (χ3n) is 3.97. The van der Waals surface area contributed by atoms with Crippen LogP contribution in [-0.4, -0.2) is 43.0 Å². The summed E-state index contributed by atoms with van der Waals surface area (Å²) in [6.07, 6.45) is 2.40. The van der Waals surface area contributed by atoms with Gasteiger partial charge in [-0.05, 0) is 37.4 Å². The Balaban J connectivity index is 2.33. The lowest BCUT2D eigenvalue weighted by Gasteiger charge is -2.13. The number of methoxy groups -OCH3 is 1. The van der Waals surface area contributed by atoms with Gasteiger partial charge in [0.1, 0.15) is 0 Å². The highest BCUT2D eigenvalue weighted by atomic mass is 32.2. The summed E-state index contributed by atoms with van der Waals surface area (Å²) < 4.78 is 32.7. The van der Waals surface area contributed by atoms with Crippen LogP contribution in [0.3, 0.4) is 0 Å². The van der Waals surface area contributed by atoms with Gasteiger partial charge in [-0.15, -0.1) is 0 Å². The maximum absolute atomic E-state index is 12.9. The van der Waals surface area contributed by atoms with Gasteiger partial charge in [-0.1, -0.05) is 12.6 Å². The van der Waals surface area contributed by atoms with Crippen molar-refractivity contribution in [3.63, 3.8) is 0 Å². The molecular weight excluding hydrogens is 398 g/mol. The van der Waals surface area contributed by atoms with E-state index in [1.54, 1.807) is 18.2 Å². The molecule has 0 atom stereocenters. The Bertz CT molecular complexity index is 1280. The molecule has 0 spiro atoms. The first kappa shape index (κ1) is 20.2. The molecule has 0 aliphatic heterocycles. The number of fused-ring (bicyclic) bond motifs is 1. The fraction of sp³-hybridized carbons (Fsp3) is 0.111. The number of carbonyl (C=O) groups excluding carboxylic acids is 1. The Morgan fingerprint density at radius 3 is 2.72 bits per heavy atom. The molecule has 3 aromatic rings. The minimum Gasteiger partial charge on any atom is -0.491 e. The predicted molar refractivity (Wildman–Crippen MR) is 107 cm³/mol. The van der Waals surface area contributed by atoms with E-state index >= 15 is 0 Å². The largest absolute Gasteiger partial charge is 0.491 e. The molecule has 0 saturated heterocycles. The number of hydrogen-bond acceptors (Lipinski definition) is 7. The first-order valence-corrected chi connectivity index (χ1v) is 9.73. The number of ether oxygens (including phenoxy) is 1. The van der Waals surface area contributed by atoms with Gasteiger partial charge in [0.05, 0.1) is 12.8 Å². The van der Waals surface area contributed by atoms with Crippen LogP contribution in [0, 0.1) is 0 Å². The van der Waals surface area contributed by atoms with Crippen molar-refractivity contribution in [3.05, 3.63) is 59.5 Å². The van der Waals surface area contributed by atoms with Gasteiger partial charge >= 0.3 is 0 Å². The number of nitrogens with zero attached hydrogens (tertiary/aromatic N) is 3. The molecule has 2 aromatic heterocycles. The molecule has 0 aliphatic rings. The highest BCUT2D eigenvalue weighted by Crippen LogP contribution is 2.21. The van der Waals surface area contributed by atoms with Crippen molar-refractivity contribution in [2.24, 2.45) is 0 Å². The molecule has 0 unspecified atom stereocenters. The summed E-state index contributed by atoms with van der Waals surface area (Å²) in [5, 5.41) is 2.50. The number of amides is 1. The van der Waals surface area contributed by atoms with E-state index < -0.39 is 26.6 Å². The number of carbonyl (C=O) groups is 1. The van der Waals surface area contributed by atoms with E-state index in [9.17, 15) is 18.0 Å². The molecule has 0 bridgehead atoms. The van der Waals surface area contributed by atoms with Gasteiger partial charge in [0.2, 0.25) is 5.91 Å². The highest BCUT2D eigenvalue weighted by Gasteiger charge is 2.19. The normalized spacial score (nSPS) is 11.2. The summed E-state index contributed by atoms with van der Waals surface area (Å²) >= 11 is 0. The Hall–Kier alpha value is -3.57. The van der Waals surface area contributed by atoms with E-state index in [1.807, 2.05) is 0 Å². The zero-order valence-electron chi connectivity index (χ0n) is 15.5. The van der Waals surface area contributed by atoms with Gasteiger partial charge in [-0.3, -0.25) is 14.2 Å². The molecular formula is C18H17N5O5S. The van der Waals surface area contributed by atoms with Crippen LogP contribution in [0.1, 0.15) is 0 Å². The zero-order chi connectivity index (χ0) is 21.2. The molecule has 0 saturated carbocycles. The number of anilines is 1. The highest BCUT2D eigenvalue weighted by molar-refractivity contribution is 7.89. The van der Waals surface area contributed by atoms with Crippen molar-refractivity contribution in [2.75, 3.05) is 19.5 Å². The lowest BCUT2D eigenvalue weighted by molar-refractivity contribution is -0.111. The summed E-state index contributed by atoms with van der Waals surface area (Å²) in [5.74, 6) is -0.402. The number of benzene rings is 1. The maximum Gasteiger partial charge on any atom is 0.299 e. The van der Waals surface area contributed by atoms with E-state index in [2.05, 4.69) is 26.6 Å². The molecule has 2 heterocycles. The lowest BCUT2D eigenvalue weighted by Crippen LogP contribution is -2.24. The molecule has 0 radical (unpaired) electrons. The Morgan fingerprint density at radius 2 is 2.07 bits per heavy atom. The van der Waals surface area contributed by atoms with E-state index in [4.69, 9.17) is 4.74 Å². The molecule has 150 valence electrons. The standard InChI is InChI=1S/C18H17N5O5S/c1-4-15(24)21-12-6-5-7-13(9-12)23-16-11(8-14(28-3)17(23)25)10-20-18(22-16)29(26,27)19-2/h4-10,19H,1H2,2-3H3,(H,21,24). The molecule has 1 aromatic carbocycles. The van der Waals surface area contributed by atoms with Crippen LogP contribution in [0.4, 0.5) is 5.69 Å². The molecule has 1 amide bonds. The fourth-order valence-corrected chi connectivity index (χ4v) is 3.16. The Morgan fingerprint density at radius 1 is 1.31 bits per heavy atom. The SMILES string of the molecule is C=CC(=O)Nc1cccc(-n2c(=O)c(OC)cc3cnc(S(=O)(=O)NC)nc32)c1. The second kappa shape index (κ2) is 7.81. The van der Waals surface area contributed by atoms with E-state index in [-0.39, 0.29) is 11.4 Å². The van der Waals surface area contributed by atoms with E-state index in [0.29, 0.717) is 16.8 Å². The van der Waals surface area contributed by atoms with Crippen LogP contribution >= 0.6 is 0 Å². The average Bonchev–Trinajstić information content (AvgIpc) is 2.72. The fourth-order valence-electron chi connectivity index (χ4n) is 2.58. The summed E-state index contributed by atoms with van der Waals surface area (Å²) in [6, 6.07) is 7.82. The van der Waals surface area contributed by atoms with Crippen LogP contribution in [-0.2, 0) is 14.8 Å². The molecule has 3 rings (SSSR count). The molecule has 0 fully saturated rings.